The average molecular weight is 262 g/mol. The molecule has 5 nitrogen and oxygen atoms in total. The van der Waals surface area contributed by atoms with E-state index in [1.54, 1.807) is 18.2 Å². The van der Waals surface area contributed by atoms with Crippen LogP contribution in [0.3, 0.4) is 0 Å². The Kier molecular flexibility index (Phi) is 3.74. The largest absolute Gasteiger partial charge is 0.494 e. The van der Waals surface area contributed by atoms with Crippen molar-refractivity contribution >= 4 is 23.2 Å². The van der Waals surface area contributed by atoms with Gasteiger partial charge in [-0.25, -0.2) is 0 Å². The summed E-state index contributed by atoms with van der Waals surface area (Å²) >= 11 is 0. The molecule has 2 amide bonds. The standard InChI is InChI=1S/C14H18N2O3/c1-8-6-11(8)14(18)16-10-4-5-12(15-9(2)17)13(7-10)19-3/h4-5,7-8,11H,6H2,1-3H3,(H,15,17)(H,16,18)/t8-,11+/m0/s1. The Bertz CT molecular complexity index is 513. The van der Waals surface area contributed by atoms with E-state index in [1.807, 2.05) is 0 Å². The third-order valence-electron chi connectivity index (χ3n) is 3.23. The molecule has 1 saturated carbocycles. The number of anilines is 2. The molecule has 19 heavy (non-hydrogen) atoms. The van der Waals surface area contributed by atoms with Gasteiger partial charge in [-0.05, 0) is 24.5 Å². The van der Waals surface area contributed by atoms with Crippen LogP contribution in [-0.2, 0) is 9.59 Å². The summed E-state index contributed by atoms with van der Waals surface area (Å²) in [6, 6.07) is 5.17. The number of benzene rings is 1. The van der Waals surface area contributed by atoms with Gasteiger partial charge in [0.15, 0.2) is 0 Å². The average Bonchev–Trinajstić information content (AvgIpc) is 3.08. The number of amides is 2. The number of carbonyl (C=O) groups excluding carboxylic acids is 2. The summed E-state index contributed by atoms with van der Waals surface area (Å²) in [6.07, 6.45) is 0.951. The second kappa shape index (κ2) is 5.30. The minimum atomic E-state index is -0.165. The summed E-state index contributed by atoms with van der Waals surface area (Å²) in [5, 5.41) is 5.53. The van der Waals surface area contributed by atoms with Crippen molar-refractivity contribution in [3.05, 3.63) is 18.2 Å². The molecule has 1 aliphatic rings. The van der Waals surface area contributed by atoms with Crippen LogP contribution in [-0.4, -0.2) is 18.9 Å². The summed E-state index contributed by atoms with van der Waals surface area (Å²) in [4.78, 5) is 22.9. The molecule has 0 saturated heterocycles. The zero-order valence-corrected chi connectivity index (χ0v) is 11.3. The maximum absolute atomic E-state index is 11.8. The lowest BCUT2D eigenvalue weighted by molar-refractivity contribution is -0.117. The lowest BCUT2D eigenvalue weighted by Gasteiger charge is -2.11. The highest BCUT2D eigenvalue weighted by Gasteiger charge is 2.39. The summed E-state index contributed by atoms with van der Waals surface area (Å²) < 4.78 is 5.20. The van der Waals surface area contributed by atoms with Gasteiger partial charge in [-0.15, -0.1) is 0 Å². The highest BCUT2D eigenvalue weighted by Crippen LogP contribution is 2.38. The van der Waals surface area contributed by atoms with Gasteiger partial charge in [-0.1, -0.05) is 6.92 Å². The fourth-order valence-electron chi connectivity index (χ4n) is 1.98. The molecular weight excluding hydrogens is 244 g/mol. The van der Waals surface area contributed by atoms with E-state index in [-0.39, 0.29) is 17.7 Å². The SMILES string of the molecule is COc1cc(NC(=O)[C@@H]2C[C@@H]2C)ccc1NC(C)=O. The summed E-state index contributed by atoms with van der Waals surface area (Å²) in [5.74, 6) is 1.00. The van der Waals surface area contributed by atoms with E-state index in [0.717, 1.165) is 6.42 Å². The van der Waals surface area contributed by atoms with Gasteiger partial charge >= 0.3 is 0 Å². The molecule has 0 unspecified atom stereocenters. The molecule has 2 N–H and O–H groups in total. The molecule has 102 valence electrons. The van der Waals surface area contributed by atoms with Crippen LogP contribution < -0.4 is 15.4 Å². The lowest BCUT2D eigenvalue weighted by Crippen LogP contribution is -2.14. The monoisotopic (exact) mass is 262 g/mol. The highest BCUT2D eigenvalue weighted by molar-refractivity contribution is 5.96. The van der Waals surface area contributed by atoms with Crippen LogP contribution in [0.5, 0.6) is 5.75 Å². The summed E-state index contributed by atoms with van der Waals surface area (Å²) in [5.41, 5.74) is 1.27. The number of methoxy groups -OCH3 is 1. The van der Waals surface area contributed by atoms with E-state index in [1.165, 1.54) is 14.0 Å². The van der Waals surface area contributed by atoms with Crippen LogP contribution in [0.1, 0.15) is 20.3 Å². The zero-order valence-electron chi connectivity index (χ0n) is 11.3. The molecule has 0 aromatic heterocycles. The van der Waals surface area contributed by atoms with Crippen LogP contribution in [0.15, 0.2) is 18.2 Å². The van der Waals surface area contributed by atoms with Crippen molar-refractivity contribution in [2.24, 2.45) is 11.8 Å². The number of hydrogen-bond donors (Lipinski definition) is 2. The lowest BCUT2D eigenvalue weighted by atomic mass is 10.2. The Labute approximate surface area is 112 Å². The second-order valence-electron chi connectivity index (χ2n) is 4.90. The van der Waals surface area contributed by atoms with E-state index in [0.29, 0.717) is 23.0 Å². The van der Waals surface area contributed by atoms with Crippen molar-refractivity contribution in [3.8, 4) is 5.75 Å². The number of carbonyl (C=O) groups is 2. The predicted molar refractivity (Wildman–Crippen MR) is 73.2 cm³/mol. The Morgan fingerprint density at radius 3 is 2.53 bits per heavy atom. The normalized spacial score (nSPS) is 20.6. The molecule has 0 aliphatic heterocycles. The molecule has 5 heteroatoms. The van der Waals surface area contributed by atoms with Gasteiger partial charge < -0.3 is 15.4 Å². The van der Waals surface area contributed by atoms with Gasteiger partial charge in [0.05, 0.1) is 12.8 Å². The van der Waals surface area contributed by atoms with E-state index >= 15 is 0 Å². The van der Waals surface area contributed by atoms with E-state index in [9.17, 15) is 9.59 Å². The molecule has 0 bridgehead atoms. The first-order valence-corrected chi connectivity index (χ1v) is 6.27. The smallest absolute Gasteiger partial charge is 0.227 e. The zero-order chi connectivity index (χ0) is 14.0. The van der Waals surface area contributed by atoms with Crippen molar-refractivity contribution in [2.45, 2.75) is 20.3 Å². The Morgan fingerprint density at radius 1 is 1.32 bits per heavy atom. The molecule has 1 aromatic carbocycles. The minimum absolute atomic E-state index is 0.0434. The van der Waals surface area contributed by atoms with Crippen molar-refractivity contribution in [1.29, 1.82) is 0 Å². The van der Waals surface area contributed by atoms with Crippen molar-refractivity contribution in [3.63, 3.8) is 0 Å². The van der Waals surface area contributed by atoms with E-state index in [2.05, 4.69) is 17.6 Å². The summed E-state index contributed by atoms with van der Waals surface area (Å²) in [7, 11) is 1.52. The number of rotatable bonds is 4. The fourth-order valence-corrected chi connectivity index (χ4v) is 1.98. The number of hydrogen-bond acceptors (Lipinski definition) is 3. The number of nitrogens with one attached hydrogen (secondary N) is 2. The molecule has 2 rings (SSSR count). The molecule has 0 radical (unpaired) electrons. The van der Waals surface area contributed by atoms with Gasteiger partial charge in [0.2, 0.25) is 11.8 Å². The second-order valence-corrected chi connectivity index (χ2v) is 4.90. The topological polar surface area (TPSA) is 67.4 Å². The quantitative estimate of drug-likeness (QED) is 0.874. The molecular formula is C14H18N2O3. The predicted octanol–water partition coefficient (Wildman–Crippen LogP) is 2.25. The Balaban J connectivity index is 2.10. The van der Waals surface area contributed by atoms with Crippen LogP contribution in [0.25, 0.3) is 0 Å². The van der Waals surface area contributed by atoms with Crippen LogP contribution in [0, 0.1) is 11.8 Å². The molecule has 0 spiro atoms. The minimum Gasteiger partial charge on any atom is -0.494 e. The third kappa shape index (κ3) is 3.24. The van der Waals surface area contributed by atoms with Gasteiger partial charge in [0.25, 0.3) is 0 Å². The fraction of sp³-hybridized carbons (Fsp3) is 0.429. The van der Waals surface area contributed by atoms with Crippen LogP contribution >= 0.6 is 0 Å². The van der Waals surface area contributed by atoms with Crippen LogP contribution in [0.2, 0.25) is 0 Å². The molecule has 2 atom stereocenters. The van der Waals surface area contributed by atoms with Crippen molar-refractivity contribution in [2.75, 3.05) is 17.7 Å². The van der Waals surface area contributed by atoms with Gasteiger partial charge in [0, 0.05) is 24.6 Å². The first-order chi connectivity index (χ1) is 9.01. The molecule has 1 aromatic rings. The molecule has 1 aliphatic carbocycles. The van der Waals surface area contributed by atoms with Crippen molar-refractivity contribution < 1.29 is 14.3 Å². The first kappa shape index (κ1) is 13.4. The highest BCUT2D eigenvalue weighted by atomic mass is 16.5. The third-order valence-corrected chi connectivity index (χ3v) is 3.23. The number of ether oxygens (including phenoxy) is 1. The van der Waals surface area contributed by atoms with E-state index < -0.39 is 0 Å². The van der Waals surface area contributed by atoms with Gasteiger partial charge in [-0.2, -0.15) is 0 Å². The van der Waals surface area contributed by atoms with Gasteiger partial charge in [-0.3, -0.25) is 9.59 Å². The van der Waals surface area contributed by atoms with Crippen molar-refractivity contribution in [1.82, 2.24) is 0 Å². The molecule has 1 fully saturated rings. The Morgan fingerprint density at radius 2 is 2.00 bits per heavy atom. The Hall–Kier alpha value is -2.04. The maximum atomic E-state index is 11.8. The summed E-state index contributed by atoms with van der Waals surface area (Å²) in [6.45, 7) is 3.49. The van der Waals surface area contributed by atoms with Crippen LogP contribution in [0.4, 0.5) is 11.4 Å². The first-order valence-electron chi connectivity index (χ1n) is 6.27. The van der Waals surface area contributed by atoms with Gasteiger partial charge in [0.1, 0.15) is 5.75 Å². The van der Waals surface area contributed by atoms with E-state index in [4.69, 9.17) is 4.74 Å². The maximum Gasteiger partial charge on any atom is 0.227 e. The molecule has 0 heterocycles.